The molecule has 2 aliphatic carbocycles. The van der Waals surface area contributed by atoms with E-state index in [4.69, 9.17) is 9.47 Å². The van der Waals surface area contributed by atoms with Crippen molar-refractivity contribution in [2.24, 2.45) is 11.3 Å². The van der Waals surface area contributed by atoms with Gasteiger partial charge in [-0.2, -0.15) is 0 Å². The van der Waals surface area contributed by atoms with Gasteiger partial charge in [-0.1, -0.05) is 0 Å². The van der Waals surface area contributed by atoms with Crippen molar-refractivity contribution >= 4 is 5.97 Å². The highest BCUT2D eigenvalue weighted by Crippen LogP contribution is 2.52. The number of fused-ring (bicyclic) bond motifs is 4. The van der Waals surface area contributed by atoms with Crippen LogP contribution < -0.4 is 0 Å². The molecule has 4 unspecified atom stereocenters. The van der Waals surface area contributed by atoms with Crippen LogP contribution in [0.25, 0.3) is 0 Å². The molecule has 0 aromatic carbocycles. The van der Waals surface area contributed by atoms with Gasteiger partial charge in [0.2, 0.25) is 0 Å². The van der Waals surface area contributed by atoms with E-state index in [1.165, 1.54) is 6.42 Å². The lowest BCUT2D eigenvalue weighted by molar-refractivity contribution is -0.219. The molecule has 4 nitrogen and oxygen atoms in total. The molecule has 4 bridgehead atoms. The van der Waals surface area contributed by atoms with Crippen LogP contribution >= 0.6 is 0 Å². The molecule has 6 fully saturated rings. The maximum Gasteiger partial charge on any atom is 0.309 e. The van der Waals surface area contributed by atoms with Gasteiger partial charge in [0.25, 0.3) is 0 Å². The number of rotatable bonds is 3. The van der Waals surface area contributed by atoms with Crippen LogP contribution in [-0.4, -0.2) is 35.5 Å². The van der Waals surface area contributed by atoms with Gasteiger partial charge < -0.3 is 14.6 Å². The molecule has 4 heterocycles. The number of hydrogen-bond donors (Lipinski definition) is 1. The fourth-order valence-electron chi connectivity index (χ4n) is 4.62. The van der Waals surface area contributed by atoms with E-state index in [1.807, 2.05) is 0 Å². The topological polar surface area (TPSA) is 55.8 Å². The Hall–Kier alpha value is -0.610. The predicted molar refractivity (Wildman–Crippen MR) is 63.2 cm³/mol. The molecule has 100 valence electrons. The lowest BCUT2D eigenvalue weighted by atomic mass is 9.62. The van der Waals surface area contributed by atoms with Crippen molar-refractivity contribution in [1.82, 2.24) is 0 Å². The second-order valence-corrected chi connectivity index (χ2v) is 6.77. The third-order valence-corrected chi connectivity index (χ3v) is 5.38. The highest BCUT2D eigenvalue weighted by Gasteiger charge is 2.54. The average Bonchev–Trinajstić information content (AvgIpc) is 2.26. The van der Waals surface area contributed by atoms with Crippen LogP contribution in [0, 0.1) is 11.3 Å². The van der Waals surface area contributed by atoms with E-state index in [0.29, 0.717) is 18.1 Å². The summed E-state index contributed by atoms with van der Waals surface area (Å²) in [4.78, 5) is 11.7. The number of aliphatic carboxylic acids is 1. The molecule has 2 saturated carbocycles. The van der Waals surface area contributed by atoms with E-state index < -0.39 is 11.4 Å². The van der Waals surface area contributed by atoms with E-state index >= 15 is 0 Å². The van der Waals surface area contributed by atoms with E-state index in [-0.39, 0.29) is 12.2 Å². The third-order valence-electron chi connectivity index (χ3n) is 5.38. The van der Waals surface area contributed by atoms with Gasteiger partial charge >= 0.3 is 5.97 Å². The minimum Gasteiger partial charge on any atom is -0.481 e. The maximum atomic E-state index is 11.7. The Labute approximate surface area is 107 Å². The fourth-order valence-corrected chi connectivity index (χ4v) is 4.62. The highest BCUT2D eigenvalue weighted by atomic mass is 16.5. The number of hydrogen-bond acceptors (Lipinski definition) is 3. The second kappa shape index (κ2) is 3.70. The van der Waals surface area contributed by atoms with Crippen molar-refractivity contribution in [3.63, 3.8) is 0 Å². The zero-order valence-electron chi connectivity index (χ0n) is 10.5. The minimum absolute atomic E-state index is 0.217. The summed E-state index contributed by atoms with van der Waals surface area (Å²) in [5.41, 5.74) is -0.500. The number of carboxylic acid groups (broad SMARTS) is 1. The molecule has 0 amide bonds. The van der Waals surface area contributed by atoms with Gasteiger partial charge in [-0.25, -0.2) is 0 Å². The molecule has 4 atom stereocenters. The van der Waals surface area contributed by atoms with Gasteiger partial charge in [-0.05, 0) is 50.9 Å². The molecule has 0 aromatic rings. The molecule has 4 heteroatoms. The number of carbonyl (C=O) groups is 1. The zero-order valence-corrected chi connectivity index (χ0v) is 10.5. The molecular weight excluding hydrogens is 232 g/mol. The Kier molecular flexibility index (Phi) is 2.31. The van der Waals surface area contributed by atoms with Gasteiger partial charge in [0.05, 0.1) is 29.8 Å². The lowest BCUT2D eigenvalue weighted by Crippen LogP contribution is -2.55. The predicted octanol–water partition coefficient (Wildman–Crippen LogP) is 1.97. The van der Waals surface area contributed by atoms with Crippen molar-refractivity contribution < 1.29 is 19.4 Å². The van der Waals surface area contributed by atoms with E-state index in [9.17, 15) is 9.90 Å². The Morgan fingerprint density at radius 3 is 2.00 bits per heavy atom. The summed E-state index contributed by atoms with van der Waals surface area (Å²) < 4.78 is 11.3. The smallest absolute Gasteiger partial charge is 0.309 e. The summed E-state index contributed by atoms with van der Waals surface area (Å²) in [6.07, 6.45) is 8.00. The first-order valence-corrected chi connectivity index (χ1v) is 7.17. The van der Waals surface area contributed by atoms with Crippen LogP contribution in [0.15, 0.2) is 0 Å². The Morgan fingerprint density at radius 2 is 1.50 bits per heavy atom. The van der Waals surface area contributed by atoms with Crippen LogP contribution in [0.2, 0.25) is 0 Å². The number of carboxylic acids is 1. The standard InChI is InChI=1S/C14H20O4/c15-13(16)14(6-11-4-12(7-14)18-11)5-8-1-9-3-10(2-8)17-9/h8-12H,1-7H2,(H,15,16). The second-order valence-electron chi connectivity index (χ2n) is 6.77. The van der Waals surface area contributed by atoms with Gasteiger partial charge in [0.1, 0.15) is 0 Å². The Bertz CT molecular complexity index is 348. The Balaban J connectivity index is 1.48. The molecular formula is C14H20O4. The van der Waals surface area contributed by atoms with Crippen molar-refractivity contribution in [2.75, 3.05) is 0 Å². The normalized spacial score (nSPS) is 53.2. The molecule has 0 aromatic heterocycles. The van der Waals surface area contributed by atoms with Crippen molar-refractivity contribution in [3.05, 3.63) is 0 Å². The quantitative estimate of drug-likeness (QED) is 0.834. The summed E-state index contributed by atoms with van der Waals surface area (Å²) in [6, 6.07) is 0. The molecule has 4 saturated heterocycles. The first-order chi connectivity index (χ1) is 8.63. The van der Waals surface area contributed by atoms with Crippen molar-refractivity contribution in [2.45, 2.75) is 69.4 Å². The zero-order chi connectivity index (χ0) is 12.3. The highest BCUT2D eigenvalue weighted by molar-refractivity contribution is 5.75. The van der Waals surface area contributed by atoms with E-state index in [1.54, 1.807) is 0 Å². The van der Waals surface area contributed by atoms with Gasteiger partial charge in [0.15, 0.2) is 0 Å². The molecule has 18 heavy (non-hydrogen) atoms. The van der Waals surface area contributed by atoms with Crippen LogP contribution in [0.1, 0.15) is 44.9 Å². The minimum atomic E-state index is -0.597. The summed E-state index contributed by atoms with van der Waals surface area (Å²) in [5, 5.41) is 9.65. The maximum absolute atomic E-state index is 11.7. The molecule has 1 N–H and O–H groups in total. The summed E-state index contributed by atoms with van der Waals surface area (Å²) in [7, 11) is 0. The van der Waals surface area contributed by atoms with Gasteiger partial charge in [0, 0.05) is 0 Å². The monoisotopic (exact) mass is 252 g/mol. The van der Waals surface area contributed by atoms with Gasteiger partial charge in [-0.3, -0.25) is 4.79 Å². The van der Waals surface area contributed by atoms with E-state index in [2.05, 4.69) is 0 Å². The van der Waals surface area contributed by atoms with Crippen LogP contribution in [0.3, 0.4) is 0 Å². The largest absolute Gasteiger partial charge is 0.481 e. The molecule has 6 aliphatic rings. The summed E-state index contributed by atoms with van der Waals surface area (Å²) in [5.74, 6) is -0.0447. The first-order valence-electron chi connectivity index (χ1n) is 7.17. The number of ether oxygens (including phenoxy) is 2. The van der Waals surface area contributed by atoms with E-state index in [0.717, 1.165) is 38.5 Å². The molecule has 4 aliphatic heterocycles. The molecule has 0 spiro atoms. The van der Waals surface area contributed by atoms with Crippen molar-refractivity contribution in [1.29, 1.82) is 0 Å². The van der Waals surface area contributed by atoms with Crippen molar-refractivity contribution in [3.8, 4) is 0 Å². The first kappa shape index (κ1) is 11.2. The molecule has 6 rings (SSSR count). The van der Waals surface area contributed by atoms with Gasteiger partial charge in [-0.15, -0.1) is 0 Å². The molecule has 0 radical (unpaired) electrons. The third kappa shape index (κ3) is 1.62. The van der Waals surface area contributed by atoms with Crippen LogP contribution in [-0.2, 0) is 14.3 Å². The summed E-state index contributed by atoms with van der Waals surface area (Å²) >= 11 is 0. The summed E-state index contributed by atoms with van der Waals surface area (Å²) in [6.45, 7) is 0. The lowest BCUT2D eigenvalue weighted by Gasteiger charge is -2.53. The van der Waals surface area contributed by atoms with Crippen LogP contribution in [0.5, 0.6) is 0 Å². The Morgan fingerprint density at radius 1 is 1.00 bits per heavy atom. The fraction of sp³-hybridized carbons (Fsp3) is 0.929. The average molecular weight is 252 g/mol. The SMILES string of the molecule is O=C(O)C1(CC2CC3CC(C2)O3)CC2CC(C1)O2. The van der Waals surface area contributed by atoms with Crippen LogP contribution in [0.4, 0.5) is 0 Å².